The minimum Gasteiger partial charge on any atom is -0.497 e. The number of ether oxygens (including phenoxy) is 4. The third-order valence-electron chi connectivity index (χ3n) is 10.9. The lowest BCUT2D eigenvalue weighted by molar-refractivity contribution is 0.384. The van der Waals surface area contributed by atoms with Gasteiger partial charge in [-0.3, -0.25) is 0 Å². The number of aromatic nitrogens is 2. The highest BCUT2D eigenvalue weighted by Crippen LogP contribution is 2.35. The van der Waals surface area contributed by atoms with Gasteiger partial charge >= 0.3 is 0 Å². The molecular weight excluding hydrogens is 1010 g/mol. The van der Waals surface area contributed by atoms with Crippen molar-refractivity contribution in [2.24, 2.45) is 0 Å². The molecule has 352 valence electrons. The normalized spacial score (nSPS) is 15.0. The maximum Gasteiger partial charge on any atom is 0.244 e. The molecule has 0 spiro atoms. The van der Waals surface area contributed by atoms with E-state index in [4.69, 9.17) is 75.3 Å². The van der Waals surface area contributed by atoms with Crippen LogP contribution in [-0.2, 0) is 32.9 Å². The van der Waals surface area contributed by atoms with Gasteiger partial charge in [0.15, 0.2) is 10.3 Å². The van der Waals surface area contributed by atoms with Crippen LogP contribution in [0.4, 0.5) is 10.3 Å². The molecule has 22 heteroatoms. The van der Waals surface area contributed by atoms with Crippen molar-refractivity contribution in [3.05, 3.63) is 126 Å². The van der Waals surface area contributed by atoms with Gasteiger partial charge in [0.05, 0.1) is 59.9 Å². The van der Waals surface area contributed by atoms with Gasteiger partial charge in [0.2, 0.25) is 20.0 Å². The molecule has 2 aliphatic rings. The predicted octanol–water partition coefficient (Wildman–Crippen LogP) is 9.14. The fraction of sp³-hybridized carbons (Fsp3) is 0.318. The fourth-order valence-corrected chi connectivity index (χ4v) is 13.4. The van der Waals surface area contributed by atoms with Gasteiger partial charge in [-0.15, -0.1) is 22.7 Å². The number of benzene rings is 4. The van der Waals surface area contributed by atoms with Crippen LogP contribution in [-0.4, -0.2) is 116 Å². The maximum atomic E-state index is 13.1. The molecule has 2 saturated heterocycles. The van der Waals surface area contributed by atoms with E-state index >= 15 is 0 Å². The van der Waals surface area contributed by atoms with E-state index < -0.39 is 20.0 Å². The first-order chi connectivity index (χ1) is 31.7. The number of hydrogen-bond acceptors (Lipinski definition) is 14. The summed E-state index contributed by atoms with van der Waals surface area (Å²) < 4.78 is 76.6. The molecule has 2 aliphatic heterocycles. The van der Waals surface area contributed by atoms with Crippen LogP contribution >= 0.6 is 69.1 Å². The summed E-state index contributed by atoms with van der Waals surface area (Å²) in [5, 5.41) is 6.33. The molecule has 4 heterocycles. The van der Waals surface area contributed by atoms with Gasteiger partial charge in [0.25, 0.3) is 0 Å². The number of hydrogen-bond donors (Lipinski definition) is 0. The third kappa shape index (κ3) is 11.3. The lowest BCUT2D eigenvalue weighted by Gasteiger charge is -2.34. The van der Waals surface area contributed by atoms with E-state index in [2.05, 4.69) is 9.80 Å². The van der Waals surface area contributed by atoms with Gasteiger partial charge < -0.3 is 28.7 Å². The number of piperazine rings is 2. The van der Waals surface area contributed by atoms with E-state index in [1.165, 1.54) is 20.7 Å². The summed E-state index contributed by atoms with van der Waals surface area (Å²) in [5.41, 5.74) is 3.86. The molecule has 0 unspecified atom stereocenters. The molecule has 66 heavy (non-hydrogen) atoms. The molecule has 14 nitrogen and oxygen atoms in total. The van der Waals surface area contributed by atoms with Gasteiger partial charge in [0, 0.05) is 93.2 Å². The van der Waals surface area contributed by atoms with Crippen molar-refractivity contribution in [1.29, 1.82) is 0 Å². The standard InChI is InChI=1S/2C22H23Cl2N3O4S2/c1-30-17-6-7-19(31-2)15(13-17)12-16-14-32-22(25-16)26-8-10-27(11-9-26)33(28,29)20-5-3-4-18(23)21(20)24;1-30-17-7-6-15(19(13-17)31-2)12-16-14-32-22(25-16)26-8-10-27(11-9-26)33(28,29)20-5-3-4-18(23)21(20)24/h2*3-7,13-14H,8-12H2,1-2H3. The largest absolute Gasteiger partial charge is 0.497 e. The molecule has 0 aliphatic carbocycles. The number of thiazole rings is 2. The van der Waals surface area contributed by atoms with Crippen LogP contribution in [0.1, 0.15) is 22.5 Å². The Kier molecular flexibility index (Phi) is 16.5. The summed E-state index contributed by atoms with van der Waals surface area (Å²) in [6.07, 6.45) is 1.24. The highest BCUT2D eigenvalue weighted by Gasteiger charge is 2.33. The Morgan fingerprint density at radius 2 is 0.970 bits per heavy atom. The number of halogens is 4. The van der Waals surface area contributed by atoms with E-state index in [9.17, 15) is 16.8 Å². The number of methoxy groups -OCH3 is 4. The number of sulfonamides is 2. The van der Waals surface area contributed by atoms with E-state index in [1.807, 2.05) is 47.2 Å². The Balaban J connectivity index is 0.000000196. The molecule has 0 atom stereocenters. The van der Waals surface area contributed by atoms with Crippen LogP contribution in [0.25, 0.3) is 0 Å². The third-order valence-corrected chi connectivity index (χ3v) is 18.5. The predicted molar refractivity (Wildman–Crippen MR) is 264 cm³/mol. The van der Waals surface area contributed by atoms with Crippen LogP contribution in [0.5, 0.6) is 23.0 Å². The lowest BCUT2D eigenvalue weighted by atomic mass is 10.1. The molecule has 0 radical (unpaired) electrons. The molecule has 4 aromatic carbocycles. The molecule has 2 aromatic heterocycles. The molecular formula is C44H46Cl4N6O8S4. The van der Waals surface area contributed by atoms with E-state index in [0.29, 0.717) is 65.2 Å². The zero-order valence-electron chi connectivity index (χ0n) is 36.2. The molecule has 8 rings (SSSR count). The monoisotopic (exact) mass is 1050 g/mol. The SMILES string of the molecule is COc1ccc(Cc2csc(N3CCN(S(=O)(=O)c4cccc(Cl)c4Cl)CC3)n2)c(OC)c1.COc1ccc(OC)c(Cc2csc(N3CCN(S(=O)(=O)c4cccc(Cl)c4Cl)CC3)n2)c1. The van der Waals surface area contributed by atoms with Gasteiger partial charge in [-0.05, 0) is 48.5 Å². The lowest BCUT2D eigenvalue weighted by Crippen LogP contribution is -2.48. The molecule has 0 N–H and O–H groups in total. The second-order valence-corrected chi connectivity index (χ2v) is 21.9. The highest BCUT2D eigenvalue weighted by atomic mass is 35.5. The van der Waals surface area contributed by atoms with Gasteiger partial charge in [-0.1, -0.05) is 64.6 Å². The smallest absolute Gasteiger partial charge is 0.244 e. The van der Waals surface area contributed by atoms with Gasteiger partial charge in [-0.25, -0.2) is 26.8 Å². The Morgan fingerprint density at radius 1 is 0.530 bits per heavy atom. The van der Waals surface area contributed by atoms with E-state index in [-0.39, 0.29) is 29.9 Å². The maximum absolute atomic E-state index is 13.1. The Labute approximate surface area is 413 Å². The minimum absolute atomic E-state index is 0.0360. The van der Waals surface area contributed by atoms with Crippen LogP contribution in [0.2, 0.25) is 20.1 Å². The summed E-state index contributed by atoms with van der Waals surface area (Å²) in [5.74, 6) is 3.03. The zero-order chi connectivity index (χ0) is 47.2. The summed E-state index contributed by atoms with van der Waals surface area (Å²) in [6.45, 7) is 3.50. The molecule has 0 bridgehead atoms. The molecule has 0 amide bonds. The van der Waals surface area contributed by atoms with Gasteiger partial charge in [-0.2, -0.15) is 8.61 Å². The summed E-state index contributed by atoms with van der Waals surface area (Å²) in [6, 6.07) is 20.7. The minimum atomic E-state index is -3.72. The van der Waals surface area contributed by atoms with Crippen molar-refractivity contribution in [2.45, 2.75) is 22.6 Å². The summed E-state index contributed by atoms with van der Waals surface area (Å²) >= 11 is 27.4. The van der Waals surface area contributed by atoms with Crippen molar-refractivity contribution < 1.29 is 35.8 Å². The van der Waals surface area contributed by atoms with Crippen molar-refractivity contribution >= 4 is 99.4 Å². The fourth-order valence-electron chi connectivity index (χ4n) is 7.34. The first-order valence-electron chi connectivity index (χ1n) is 20.4. The van der Waals surface area contributed by atoms with Crippen LogP contribution in [0.3, 0.4) is 0 Å². The Morgan fingerprint density at radius 3 is 1.42 bits per heavy atom. The summed E-state index contributed by atoms with van der Waals surface area (Å²) in [7, 11) is -0.917. The zero-order valence-corrected chi connectivity index (χ0v) is 42.5. The van der Waals surface area contributed by atoms with Crippen molar-refractivity contribution in [1.82, 2.24) is 18.6 Å². The summed E-state index contributed by atoms with van der Waals surface area (Å²) in [4.78, 5) is 13.8. The topological polar surface area (TPSA) is 144 Å². The first-order valence-corrected chi connectivity index (χ1v) is 26.5. The second kappa shape index (κ2) is 21.9. The van der Waals surface area contributed by atoms with Crippen molar-refractivity contribution in [2.75, 3.05) is 90.6 Å². The van der Waals surface area contributed by atoms with E-state index in [0.717, 1.165) is 55.8 Å². The Bertz CT molecular complexity index is 2870. The molecule has 6 aromatic rings. The van der Waals surface area contributed by atoms with Crippen LogP contribution in [0, 0.1) is 0 Å². The Hall–Kier alpha value is -4.08. The van der Waals surface area contributed by atoms with Gasteiger partial charge in [0.1, 0.15) is 32.8 Å². The molecule has 0 saturated carbocycles. The quantitative estimate of drug-likeness (QED) is 0.103. The average Bonchev–Trinajstić information content (AvgIpc) is 4.01. The van der Waals surface area contributed by atoms with Crippen molar-refractivity contribution in [3.63, 3.8) is 0 Å². The molecule has 2 fully saturated rings. The number of anilines is 2. The average molecular weight is 1060 g/mol. The van der Waals surface area contributed by atoms with Crippen LogP contribution < -0.4 is 28.7 Å². The van der Waals surface area contributed by atoms with E-state index in [1.54, 1.807) is 75.4 Å². The van der Waals surface area contributed by atoms with Crippen molar-refractivity contribution in [3.8, 4) is 23.0 Å². The highest BCUT2D eigenvalue weighted by molar-refractivity contribution is 7.89. The first kappa shape index (κ1) is 49.8. The van der Waals surface area contributed by atoms with Crippen LogP contribution in [0.15, 0.2) is 93.3 Å². The number of rotatable bonds is 14. The number of nitrogens with zero attached hydrogens (tertiary/aromatic N) is 6. The second-order valence-electron chi connectivity index (χ2n) is 14.8.